The van der Waals surface area contributed by atoms with Crippen LogP contribution < -0.4 is 0 Å². The Morgan fingerprint density at radius 3 is 2.88 bits per heavy atom. The summed E-state index contributed by atoms with van der Waals surface area (Å²) < 4.78 is 0.733. The number of H-pyrrole nitrogens is 1. The number of aromatic nitrogens is 3. The van der Waals surface area contributed by atoms with Crippen LogP contribution in [0.4, 0.5) is 0 Å². The molecule has 2 rings (SSSR count). The molecule has 0 aliphatic carbocycles. The van der Waals surface area contributed by atoms with E-state index in [1.807, 2.05) is 13.0 Å². The van der Waals surface area contributed by atoms with Crippen molar-refractivity contribution in [3.05, 3.63) is 32.5 Å². The summed E-state index contributed by atoms with van der Waals surface area (Å²) in [6, 6.07) is 2.01. The molecule has 82 valence electrons. The lowest BCUT2D eigenvalue weighted by Crippen LogP contribution is -1.77. The third-order valence-electron chi connectivity index (χ3n) is 1.99. The van der Waals surface area contributed by atoms with Crippen LogP contribution in [-0.4, -0.2) is 15.2 Å². The number of nitrogens with zero attached hydrogens (tertiary/aromatic N) is 2. The molecule has 2 aromatic rings. The highest BCUT2D eigenvalue weighted by Crippen LogP contribution is 2.27. The second-order valence-electron chi connectivity index (χ2n) is 3.25. The van der Waals surface area contributed by atoms with Gasteiger partial charge in [0.15, 0.2) is 0 Å². The minimum Gasteiger partial charge on any atom is -0.262 e. The lowest BCUT2D eigenvalue weighted by molar-refractivity contribution is 1.03. The predicted octanol–water partition coefficient (Wildman–Crippen LogP) is 2.79. The first-order valence-electron chi connectivity index (χ1n) is 4.88. The van der Waals surface area contributed by atoms with Crippen molar-refractivity contribution in [2.45, 2.75) is 20.3 Å². The van der Waals surface area contributed by atoms with Gasteiger partial charge in [-0.15, -0.1) is 16.4 Å². The van der Waals surface area contributed by atoms with E-state index in [1.54, 1.807) is 11.3 Å². The van der Waals surface area contributed by atoms with Gasteiger partial charge in [-0.3, -0.25) is 5.10 Å². The zero-order chi connectivity index (χ0) is 11.5. The normalized spacial score (nSPS) is 9.94. The average Bonchev–Trinajstić information content (AvgIpc) is 2.82. The fourth-order valence-electron chi connectivity index (χ4n) is 1.20. The van der Waals surface area contributed by atoms with Crippen molar-refractivity contribution >= 4 is 22.9 Å². The maximum atomic E-state index is 6.06. The highest BCUT2D eigenvalue weighted by Gasteiger charge is 2.03. The maximum absolute atomic E-state index is 6.06. The first-order chi connectivity index (χ1) is 7.69. The molecule has 0 spiro atoms. The molecular formula is C11H10ClN3S. The van der Waals surface area contributed by atoms with E-state index in [4.69, 9.17) is 11.6 Å². The second kappa shape index (κ2) is 4.69. The molecule has 2 heterocycles. The highest BCUT2D eigenvalue weighted by atomic mass is 35.5. The zero-order valence-electron chi connectivity index (χ0n) is 8.97. The summed E-state index contributed by atoms with van der Waals surface area (Å²) in [5.74, 6) is 7.12. The van der Waals surface area contributed by atoms with E-state index in [0.29, 0.717) is 5.82 Å². The number of thiophene rings is 1. The quantitative estimate of drug-likeness (QED) is 0.792. The lowest BCUT2D eigenvalue weighted by atomic mass is 10.3. The molecule has 0 saturated carbocycles. The molecule has 0 bridgehead atoms. The first-order valence-corrected chi connectivity index (χ1v) is 6.07. The van der Waals surface area contributed by atoms with Gasteiger partial charge in [0.2, 0.25) is 5.82 Å². The van der Waals surface area contributed by atoms with Gasteiger partial charge in [0.05, 0.1) is 5.56 Å². The smallest absolute Gasteiger partial charge is 0.225 e. The van der Waals surface area contributed by atoms with Crippen LogP contribution in [0, 0.1) is 18.8 Å². The van der Waals surface area contributed by atoms with E-state index in [1.165, 1.54) is 4.88 Å². The van der Waals surface area contributed by atoms with Crippen molar-refractivity contribution < 1.29 is 0 Å². The van der Waals surface area contributed by atoms with Crippen molar-refractivity contribution in [2.75, 3.05) is 0 Å². The third-order valence-corrected chi connectivity index (χ3v) is 3.50. The molecule has 0 radical (unpaired) electrons. The Balaban J connectivity index is 2.26. The van der Waals surface area contributed by atoms with Crippen LogP contribution in [0.1, 0.15) is 29.0 Å². The van der Waals surface area contributed by atoms with Gasteiger partial charge in [0.1, 0.15) is 10.2 Å². The molecule has 0 saturated heterocycles. The molecule has 2 aromatic heterocycles. The molecule has 5 heteroatoms. The Morgan fingerprint density at radius 1 is 1.50 bits per heavy atom. The standard InChI is InChI=1S/C11H10ClN3S/c1-3-9-6-8(11(12)16-9)4-5-10-13-7(2)14-15-10/h6H,3H2,1-2H3,(H,13,14,15). The van der Waals surface area contributed by atoms with Crippen molar-refractivity contribution in [1.29, 1.82) is 0 Å². The number of hydrogen-bond acceptors (Lipinski definition) is 3. The highest BCUT2D eigenvalue weighted by molar-refractivity contribution is 7.16. The number of aromatic amines is 1. The van der Waals surface area contributed by atoms with Crippen LogP contribution in [-0.2, 0) is 6.42 Å². The Morgan fingerprint density at radius 2 is 2.31 bits per heavy atom. The number of rotatable bonds is 1. The van der Waals surface area contributed by atoms with Crippen molar-refractivity contribution in [2.24, 2.45) is 0 Å². The van der Waals surface area contributed by atoms with Crippen molar-refractivity contribution in [1.82, 2.24) is 15.2 Å². The van der Waals surface area contributed by atoms with Crippen LogP contribution in [0.25, 0.3) is 0 Å². The van der Waals surface area contributed by atoms with E-state index in [0.717, 1.165) is 22.1 Å². The van der Waals surface area contributed by atoms with E-state index in [-0.39, 0.29) is 0 Å². The molecule has 16 heavy (non-hydrogen) atoms. The van der Waals surface area contributed by atoms with E-state index in [9.17, 15) is 0 Å². The van der Waals surface area contributed by atoms with Crippen LogP contribution in [0.15, 0.2) is 6.07 Å². The SMILES string of the molecule is CCc1cc(C#Cc2n[nH]c(C)n2)c(Cl)s1. The Labute approximate surface area is 103 Å². The van der Waals surface area contributed by atoms with Gasteiger partial charge < -0.3 is 0 Å². The van der Waals surface area contributed by atoms with Gasteiger partial charge in [-0.25, -0.2) is 4.98 Å². The van der Waals surface area contributed by atoms with Crippen LogP contribution in [0.3, 0.4) is 0 Å². The van der Waals surface area contributed by atoms with Gasteiger partial charge in [0.25, 0.3) is 0 Å². The molecule has 3 nitrogen and oxygen atoms in total. The number of nitrogens with one attached hydrogen (secondary N) is 1. The summed E-state index contributed by atoms with van der Waals surface area (Å²) in [6.07, 6.45) is 0.978. The molecule has 0 aromatic carbocycles. The maximum Gasteiger partial charge on any atom is 0.225 e. The summed E-state index contributed by atoms with van der Waals surface area (Å²) in [6.45, 7) is 3.93. The Hall–Kier alpha value is -1.31. The summed E-state index contributed by atoms with van der Waals surface area (Å²) in [7, 11) is 0. The minimum absolute atomic E-state index is 0.498. The van der Waals surface area contributed by atoms with Crippen molar-refractivity contribution in [3.63, 3.8) is 0 Å². The molecule has 0 atom stereocenters. The fraction of sp³-hybridized carbons (Fsp3) is 0.273. The van der Waals surface area contributed by atoms with Crippen molar-refractivity contribution in [3.8, 4) is 11.8 Å². The van der Waals surface area contributed by atoms with Gasteiger partial charge in [-0.05, 0) is 25.3 Å². The summed E-state index contributed by atoms with van der Waals surface area (Å²) in [4.78, 5) is 5.34. The molecule has 0 aliphatic rings. The first kappa shape index (κ1) is 11.2. The molecule has 0 aliphatic heterocycles. The molecular weight excluding hydrogens is 242 g/mol. The number of hydrogen-bond donors (Lipinski definition) is 1. The van der Waals surface area contributed by atoms with Gasteiger partial charge in [0, 0.05) is 4.88 Å². The minimum atomic E-state index is 0.498. The van der Waals surface area contributed by atoms with Gasteiger partial charge in [-0.1, -0.05) is 24.4 Å². The largest absolute Gasteiger partial charge is 0.262 e. The summed E-state index contributed by atoms with van der Waals surface area (Å²) in [5.41, 5.74) is 0.853. The fourth-order valence-corrected chi connectivity index (χ4v) is 2.37. The van der Waals surface area contributed by atoms with Gasteiger partial charge >= 0.3 is 0 Å². The molecule has 1 N–H and O–H groups in total. The number of halogens is 1. The predicted molar refractivity (Wildman–Crippen MR) is 65.8 cm³/mol. The van der Waals surface area contributed by atoms with Crippen LogP contribution >= 0.6 is 22.9 Å². The molecule has 0 amide bonds. The summed E-state index contributed by atoms with van der Waals surface area (Å²) in [5, 5.41) is 6.68. The lowest BCUT2D eigenvalue weighted by Gasteiger charge is -1.80. The van der Waals surface area contributed by atoms with E-state index < -0.39 is 0 Å². The Kier molecular flexibility index (Phi) is 3.28. The zero-order valence-corrected chi connectivity index (χ0v) is 10.5. The molecule has 0 unspecified atom stereocenters. The monoisotopic (exact) mass is 251 g/mol. The Bertz CT molecular complexity index is 559. The molecule has 0 fully saturated rings. The van der Waals surface area contributed by atoms with Crippen LogP contribution in [0.2, 0.25) is 4.34 Å². The van der Waals surface area contributed by atoms with E-state index in [2.05, 4.69) is 33.9 Å². The topological polar surface area (TPSA) is 41.6 Å². The van der Waals surface area contributed by atoms with E-state index >= 15 is 0 Å². The third kappa shape index (κ3) is 2.43. The average molecular weight is 252 g/mol. The number of aryl methyl sites for hydroxylation is 2. The van der Waals surface area contributed by atoms with Crippen LogP contribution in [0.5, 0.6) is 0 Å². The summed E-state index contributed by atoms with van der Waals surface area (Å²) >= 11 is 7.63. The van der Waals surface area contributed by atoms with Gasteiger partial charge in [-0.2, -0.15) is 0 Å². The second-order valence-corrected chi connectivity index (χ2v) is 4.99.